The summed E-state index contributed by atoms with van der Waals surface area (Å²) < 4.78 is 34.1. The van der Waals surface area contributed by atoms with Gasteiger partial charge in [0.05, 0.1) is 125 Å². The fourth-order valence-electron chi connectivity index (χ4n) is 17.6. The average molecular weight is 2090 g/mol. The third-order valence-corrected chi connectivity index (χ3v) is 24.7. The van der Waals surface area contributed by atoms with Gasteiger partial charge in [0, 0.05) is 241 Å². The molecular formula is C102H165N21O19V2. The molecule has 40 nitrogen and oxygen atoms in total. The molecule has 0 saturated carbocycles. The Morgan fingerprint density at radius 1 is 0.292 bits per heavy atom. The first-order valence-electron chi connectivity index (χ1n) is 49.5. The van der Waals surface area contributed by atoms with E-state index in [0.29, 0.717) is 92.6 Å². The smallest absolute Gasteiger partial charge is 0.273 e. The number of nitro benzene ring substituents is 6. The molecule has 2 radical (unpaired) electrons. The molecular weight excluding hydrogens is 1930 g/mol. The first kappa shape index (κ1) is 129. The summed E-state index contributed by atoms with van der Waals surface area (Å²) in [6.07, 6.45) is 0. The summed E-state index contributed by atoms with van der Waals surface area (Å²) >= 11 is 0. The quantitative estimate of drug-likeness (QED) is 0.0758. The third-order valence-electron chi connectivity index (χ3n) is 24.7. The number of aryl methyl sites for hydroxylation is 2. The maximum absolute atomic E-state index is 10.8. The van der Waals surface area contributed by atoms with Crippen molar-refractivity contribution < 1.29 is 100 Å². The summed E-state index contributed by atoms with van der Waals surface area (Å²) in [6.45, 7) is 56.5. The Morgan fingerprint density at radius 3 is 0.764 bits per heavy atom. The van der Waals surface area contributed by atoms with E-state index in [1.165, 1.54) is 36.4 Å². The van der Waals surface area contributed by atoms with Gasteiger partial charge in [0.2, 0.25) is 0 Å². The number of nitrogen functional groups attached to an aromatic ring is 1. The van der Waals surface area contributed by atoms with Crippen LogP contribution in [-0.2, 0) is 37.1 Å². The first-order chi connectivity index (χ1) is 67.4. The Bertz CT molecular complexity index is 4750. The van der Waals surface area contributed by atoms with Gasteiger partial charge in [0.15, 0.2) is 0 Å². The van der Waals surface area contributed by atoms with E-state index in [4.69, 9.17) is 39.3 Å². The van der Waals surface area contributed by atoms with Crippen molar-refractivity contribution in [2.75, 3.05) is 268 Å². The van der Waals surface area contributed by atoms with Crippen molar-refractivity contribution in [2.24, 2.45) is 0 Å². The molecule has 7 aromatic carbocycles. The van der Waals surface area contributed by atoms with Crippen molar-refractivity contribution >= 4 is 73.9 Å². The number of anilines is 7. The number of hydrogen-bond donors (Lipinski definition) is 3. The number of nitro groups is 6. The molecule has 0 aromatic heterocycles. The van der Waals surface area contributed by atoms with E-state index in [1.807, 2.05) is 129 Å². The zero-order chi connectivity index (χ0) is 104. The number of non-ortho nitro benzene ring substituents is 6. The molecule has 144 heavy (non-hydrogen) atoms. The molecule has 20 rings (SSSR count). The van der Waals surface area contributed by atoms with Crippen LogP contribution < -0.4 is 68.9 Å². The second-order valence-electron chi connectivity index (χ2n) is 33.9. The first-order valence-corrected chi connectivity index (χ1v) is 49.5. The minimum Gasteiger partial charge on any atom is -0.489 e. The van der Waals surface area contributed by atoms with Crippen LogP contribution in [0.1, 0.15) is 123 Å². The van der Waals surface area contributed by atoms with Crippen LogP contribution in [-0.4, -0.2) is 344 Å². The molecule has 7 aromatic rings. The molecule has 13 aliphatic heterocycles. The van der Waals surface area contributed by atoms with Crippen LogP contribution in [0.4, 0.5) is 73.9 Å². The van der Waals surface area contributed by atoms with Gasteiger partial charge in [0.1, 0.15) is 74.1 Å². The van der Waals surface area contributed by atoms with Gasteiger partial charge in [0.25, 0.3) is 34.1 Å². The zero-order valence-corrected chi connectivity index (χ0v) is 90.5. The van der Waals surface area contributed by atoms with E-state index in [-0.39, 0.29) is 122 Å². The molecule has 0 aliphatic carbocycles. The SMILES string of the molecule is C.C.CC.CC.CC.CC.CC.CC.CC.CN1CCN2c3cc(N)ccc3OCC2C1.CN1CCN2c3cc([N+](=O)[O-])ccc3OCC2C1.CN1CCN2c3cc([N+](=O)[O-])ccc3OCC2C1.CN1CCN2c3ccc([N+](=O)[O-])cc3OCC2C1.CN1CCN2c3ccc([N+](=O)[O-])cc3OCC2C1.CN1CCN2c3ccc([N+](=O)[O-])cc3OCC2C1.CN1CCNC(CO)C1.Cc1ccc([N+](=O)[O-])cc1C.[V].[V]. The van der Waals surface area contributed by atoms with Gasteiger partial charge in [-0.05, 0) is 123 Å². The van der Waals surface area contributed by atoms with Crippen LogP contribution in [0.15, 0.2) is 127 Å². The van der Waals surface area contributed by atoms with Crippen molar-refractivity contribution in [1.82, 2.24) is 39.6 Å². The van der Waals surface area contributed by atoms with Crippen LogP contribution in [0.25, 0.3) is 0 Å². The van der Waals surface area contributed by atoms with Crippen molar-refractivity contribution in [3.8, 4) is 34.5 Å². The summed E-state index contributed by atoms with van der Waals surface area (Å²) in [5.41, 5.74) is 15.1. The maximum atomic E-state index is 10.8. The molecule has 13 heterocycles. The van der Waals surface area contributed by atoms with Gasteiger partial charge >= 0.3 is 0 Å². The molecule has 0 bridgehead atoms. The summed E-state index contributed by atoms with van der Waals surface area (Å²) in [6, 6.07) is 37.3. The largest absolute Gasteiger partial charge is 0.489 e. The van der Waals surface area contributed by atoms with Crippen LogP contribution >= 0.6 is 0 Å². The van der Waals surface area contributed by atoms with Crippen LogP contribution in [0.5, 0.6) is 34.5 Å². The molecule has 7 atom stereocenters. The Hall–Kier alpha value is -10.9. The number of fused-ring (bicyclic) bond motifs is 18. The monoisotopic (exact) mass is 2090 g/mol. The Kier molecular flexibility index (Phi) is 58.9. The molecule has 802 valence electrons. The number of hydrogen-bond acceptors (Lipinski definition) is 34. The maximum Gasteiger partial charge on any atom is 0.273 e. The van der Waals surface area contributed by atoms with Crippen molar-refractivity contribution in [2.45, 2.75) is 168 Å². The van der Waals surface area contributed by atoms with Crippen molar-refractivity contribution in [3.63, 3.8) is 0 Å². The summed E-state index contributed by atoms with van der Waals surface area (Å²) in [5, 5.41) is 76.1. The zero-order valence-electron chi connectivity index (χ0n) is 87.7. The van der Waals surface area contributed by atoms with E-state index in [9.17, 15) is 60.7 Å². The van der Waals surface area contributed by atoms with Gasteiger partial charge in [-0.1, -0.05) is 118 Å². The third kappa shape index (κ3) is 36.1. The number of likely N-dealkylation sites (N-methyl/N-ethyl adjacent to an activating group) is 7. The number of nitrogens with one attached hydrogen (secondary N) is 1. The molecule has 7 unspecified atom stereocenters. The molecule has 0 amide bonds. The van der Waals surface area contributed by atoms with Gasteiger partial charge in [-0.15, -0.1) is 0 Å². The second kappa shape index (κ2) is 65.6. The van der Waals surface area contributed by atoms with E-state index < -0.39 is 0 Å². The minimum absolute atomic E-state index is 0. The molecule has 0 spiro atoms. The van der Waals surface area contributed by atoms with Gasteiger partial charge in [-0.25, -0.2) is 0 Å². The number of rotatable bonds is 7. The van der Waals surface area contributed by atoms with Crippen LogP contribution in [0, 0.1) is 74.5 Å². The predicted octanol–water partition coefficient (Wildman–Crippen LogP) is 15.9. The van der Waals surface area contributed by atoms with Gasteiger partial charge in [-0.2, -0.15) is 0 Å². The fraction of sp³-hybridized carbons (Fsp3) is 0.588. The van der Waals surface area contributed by atoms with E-state index in [2.05, 4.69) is 118 Å². The number of nitrogens with zero attached hydrogens (tertiary/aromatic N) is 19. The molecule has 42 heteroatoms. The Morgan fingerprint density at radius 2 is 0.514 bits per heavy atom. The van der Waals surface area contributed by atoms with E-state index in [1.54, 1.807) is 72.8 Å². The Balaban J connectivity index is 0.000000548. The number of benzene rings is 7. The minimum atomic E-state index is -0.389. The van der Waals surface area contributed by atoms with Crippen molar-refractivity contribution in [3.05, 3.63) is 199 Å². The molecule has 7 saturated heterocycles. The topological polar surface area (TPSA) is 415 Å². The van der Waals surface area contributed by atoms with E-state index in [0.717, 1.165) is 212 Å². The summed E-state index contributed by atoms with van der Waals surface area (Å²) in [5.74, 6) is 4.36. The van der Waals surface area contributed by atoms with Gasteiger partial charge in [-0.3, -0.25) is 60.7 Å². The van der Waals surface area contributed by atoms with Gasteiger partial charge < -0.3 is 108 Å². The number of aliphatic hydroxyl groups excluding tert-OH is 1. The fourth-order valence-corrected chi connectivity index (χ4v) is 17.6. The number of nitrogens with two attached hydrogens (primary N) is 1. The normalized spacial score (nSPS) is 20.0. The number of aliphatic hydroxyl groups is 1. The van der Waals surface area contributed by atoms with Crippen LogP contribution in [0.3, 0.4) is 0 Å². The van der Waals surface area contributed by atoms with Crippen LogP contribution in [0.2, 0.25) is 0 Å². The van der Waals surface area contributed by atoms with E-state index >= 15 is 0 Å². The molecule has 4 N–H and O–H groups in total. The number of piperazine rings is 7. The average Bonchev–Trinajstić information content (AvgIpc) is 0.738. The predicted molar refractivity (Wildman–Crippen MR) is 573 cm³/mol. The standard InChI is InChI=1S/5C12H15N3O3.C12H17N3O.C8H9NO2.C6H14N2O.7C2H6.2CH4.2V/c2*1-13-4-5-14-10(7-13)8-18-12-3-2-9(15(16)17)6-11(12)14;3*1-13-4-5-14-10(7-13)8-18-12-6-9(15(16)17)2-3-11(12)14;1-14-4-5-15-10(7-14)8-16-12-3-2-9(13)6-11(12)15;1-6-3-4-8(9(10)11)5-7(6)2;1-8-3-2-7-6(4-8)5-9;7*1-2;;;;/h5*2-3,6,10H,4-5,7-8H2,1H3;2-3,6,10H,4-5,7-8,13H2,1H3;3-5H,1-2H3;6-7,9H,2-5H2,1H3;7*1-2H3;2*1H4;;. The second-order valence-corrected chi connectivity index (χ2v) is 33.9. The summed E-state index contributed by atoms with van der Waals surface area (Å²) in [4.78, 5) is 91.6. The van der Waals surface area contributed by atoms with Crippen molar-refractivity contribution in [1.29, 1.82) is 0 Å². The number of ether oxygens (including phenoxy) is 6. The molecule has 7 fully saturated rings. The summed E-state index contributed by atoms with van der Waals surface area (Å²) in [7, 11) is 14.7. The Labute approximate surface area is 878 Å². The molecule has 13 aliphatic rings.